The lowest BCUT2D eigenvalue weighted by Crippen LogP contribution is -2.21. The van der Waals surface area contributed by atoms with E-state index in [1.54, 1.807) is 12.1 Å². The first kappa shape index (κ1) is 13.8. The molecule has 4 nitrogen and oxygen atoms in total. The lowest BCUT2D eigenvalue weighted by molar-refractivity contribution is 0.310. The molecule has 0 aromatic heterocycles. The summed E-state index contributed by atoms with van der Waals surface area (Å²) in [5.41, 5.74) is 6.48. The van der Waals surface area contributed by atoms with Crippen LogP contribution in [0.2, 0.25) is 0 Å². The minimum Gasteiger partial charge on any atom is -0.409 e. The Kier molecular flexibility index (Phi) is 4.04. The van der Waals surface area contributed by atoms with Crippen molar-refractivity contribution in [3.63, 3.8) is 0 Å². The molecule has 3 N–H and O–H groups in total. The fourth-order valence-electron chi connectivity index (χ4n) is 2.51. The number of likely N-dealkylation sites (tertiary alicyclic amines) is 1. The molecule has 0 radical (unpaired) electrons. The minimum absolute atomic E-state index is 0.0751. The van der Waals surface area contributed by atoms with Crippen LogP contribution in [0.15, 0.2) is 23.4 Å². The zero-order chi connectivity index (χ0) is 14.0. The van der Waals surface area contributed by atoms with Crippen LogP contribution in [0.3, 0.4) is 0 Å². The zero-order valence-electron chi connectivity index (χ0n) is 11.3. The molecule has 2 atom stereocenters. The maximum Gasteiger partial charge on any atom is 0.170 e. The summed E-state index contributed by atoms with van der Waals surface area (Å²) in [4.78, 5) is 2.26. The highest BCUT2D eigenvalue weighted by Crippen LogP contribution is 2.24. The molecule has 1 aromatic carbocycles. The van der Waals surface area contributed by atoms with E-state index in [4.69, 9.17) is 10.9 Å². The van der Waals surface area contributed by atoms with Crippen LogP contribution in [0.5, 0.6) is 0 Å². The molecule has 104 valence electrons. The van der Waals surface area contributed by atoms with Crippen molar-refractivity contribution in [2.75, 3.05) is 13.1 Å². The molecule has 2 rings (SSSR count). The normalized spacial score (nSPS) is 24.9. The van der Waals surface area contributed by atoms with Gasteiger partial charge in [0.25, 0.3) is 0 Å². The van der Waals surface area contributed by atoms with Crippen molar-refractivity contribution < 1.29 is 9.60 Å². The van der Waals surface area contributed by atoms with Crippen molar-refractivity contribution in [1.82, 2.24) is 4.90 Å². The average Bonchev–Trinajstić information content (AvgIpc) is 2.70. The fourth-order valence-corrected chi connectivity index (χ4v) is 2.51. The predicted octanol–water partition coefficient (Wildman–Crippen LogP) is 2.01. The van der Waals surface area contributed by atoms with E-state index in [9.17, 15) is 4.39 Å². The quantitative estimate of drug-likeness (QED) is 0.380. The molecule has 0 bridgehead atoms. The fraction of sp³-hybridized carbons (Fsp3) is 0.500. The van der Waals surface area contributed by atoms with E-state index in [2.05, 4.69) is 23.9 Å². The summed E-state index contributed by atoms with van der Waals surface area (Å²) in [6.45, 7) is 7.06. The SMILES string of the molecule is CC1CN(Cc2ccc(C(N)=NO)cc2F)CC1C. The van der Waals surface area contributed by atoms with Gasteiger partial charge in [0.2, 0.25) is 0 Å². The van der Waals surface area contributed by atoms with Crippen molar-refractivity contribution >= 4 is 5.84 Å². The standard InChI is InChI=1S/C14H20FN3O/c1-9-6-18(7-10(9)2)8-12-4-3-11(5-13(12)15)14(16)17-19/h3-5,9-10,19H,6-8H2,1-2H3,(H2,16,17). The Bertz CT molecular complexity index is 480. The van der Waals surface area contributed by atoms with Gasteiger partial charge in [-0.15, -0.1) is 0 Å². The molecular formula is C14H20FN3O. The maximum atomic E-state index is 14.0. The van der Waals surface area contributed by atoms with Crippen molar-refractivity contribution in [1.29, 1.82) is 0 Å². The van der Waals surface area contributed by atoms with Gasteiger partial charge in [-0.1, -0.05) is 31.1 Å². The summed E-state index contributed by atoms with van der Waals surface area (Å²) in [6, 6.07) is 4.69. The van der Waals surface area contributed by atoms with Gasteiger partial charge < -0.3 is 10.9 Å². The van der Waals surface area contributed by atoms with Gasteiger partial charge in [-0.3, -0.25) is 4.90 Å². The van der Waals surface area contributed by atoms with Gasteiger partial charge in [-0.2, -0.15) is 0 Å². The number of hydrogen-bond acceptors (Lipinski definition) is 3. The van der Waals surface area contributed by atoms with Gasteiger partial charge in [0.1, 0.15) is 5.82 Å². The molecule has 0 aliphatic carbocycles. The van der Waals surface area contributed by atoms with Crippen LogP contribution in [0.4, 0.5) is 4.39 Å². The average molecular weight is 265 g/mol. The first-order chi connectivity index (χ1) is 9.01. The highest BCUT2D eigenvalue weighted by atomic mass is 19.1. The highest BCUT2D eigenvalue weighted by molar-refractivity contribution is 5.97. The third-order valence-electron chi connectivity index (χ3n) is 3.91. The number of hydrogen-bond donors (Lipinski definition) is 2. The molecule has 1 aromatic rings. The Morgan fingerprint density at radius 1 is 1.42 bits per heavy atom. The topological polar surface area (TPSA) is 61.8 Å². The van der Waals surface area contributed by atoms with Crippen LogP contribution >= 0.6 is 0 Å². The first-order valence-corrected chi connectivity index (χ1v) is 6.50. The first-order valence-electron chi connectivity index (χ1n) is 6.50. The molecule has 2 unspecified atom stereocenters. The maximum absolute atomic E-state index is 14.0. The lowest BCUT2D eigenvalue weighted by atomic mass is 10.0. The number of rotatable bonds is 3. The van der Waals surface area contributed by atoms with E-state index in [0.29, 0.717) is 29.5 Å². The summed E-state index contributed by atoms with van der Waals surface area (Å²) in [6.07, 6.45) is 0. The molecule has 1 heterocycles. The number of nitrogens with zero attached hydrogens (tertiary/aromatic N) is 2. The summed E-state index contributed by atoms with van der Waals surface area (Å²) < 4.78 is 14.0. The molecule has 0 saturated carbocycles. The summed E-state index contributed by atoms with van der Waals surface area (Å²) in [5, 5.41) is 11.4. The number of nitrogens with two attached hydrogens (primary N) is 1. The van der Waals surface area contributed by atoms with Crippen molar-refractivity contribution in [3.8, 4) is 0 Å². The van der Waals surface area contributed by atoms with Crippen molar-refractivity contribution in [2.24, 2.45) is 22.7 Å². The van der Waals surface area contributed by atoms with Gasteiger partial charge in [0.15, 0.2) is 5.84 Å². The van der Waals surface area contributed by atoms with Crippen LogP contribution in [-0.2, 0) is 6.54 Å². The van der Waals surface area contributed by atoms with Gasteiger partial charge >= 0.3 is 0 Å². The summed E-state index contributed by atoms with van der Waals surface area (Å²) in [5.74, 6) is 0.921. The van der Waals surface area contributed by atoms with Crippen LogP contribution in [-0.4, -0.2) is 29.0 Å². The Hall–Kier alpha value is -1.62. The predicted molar refractivity (Wildman–Crippen MR) is 72.5 cm³/mol. The number of benzene rings is 1. The lowest BCUT2D eigenvalue weighted by Gasteiger charge is -2.16. The van der Waals surface area contributed by atoms with E-state index in [0.717, 1.165) is 13.1 Å². The van der Waals surface area contributed by atoms with E-state index in [1.165, 1.54) is 6.07 Å². The van der Waals surface area contributed by atoms with Gasteiger partial charge in [0.05, 0.1) is 0 Å². The smallest absolute Gasteiger partial charge is 0.170 e. The Morgan fingerprint density at radius 3 is 2.58 bits per heavy atom. The van der Waals surface area contributed by atoms with E-state index in [1.807, 2.05) is 0 Å². The van der Waals surface area contributed by atoms with Crippen LogP contribution in [0, 0.1) is 17.7 Å². The molecule has 0 amide bonds. The van der Waals surface area contributed by atoms with E-state index >= 15 is 0 Å². The second-order valence-electron chi connectivity index (χ2n) is 5.44. The van der Waals surface area contributed by atoms with Crippen molar-refractivity contribution in [2.45, 2.75) is 20.4 Å². The number of amidine groups is 1. The van der Waals surface area contributed by atoms with Crippen molar-refractivity contribution in [3.05, 3.63) is 35.1 Å². The Morgan fingerprint density at radius 2 is 2.05 bits per heavy atom. The molecular weight excluding hydrogens is 245 g/mol. The molecule has 1 fully saturated rings. The monoisotopic (exact) mass is 265 g/mol. The summed E-state index contributed by atoms with van der Waals surface area (Å²) in [7, 11) is 0. The molecule has 5 heteroatoms. The second kappa shape index (κ2) is 5.57. The van der Waals surface area contributed by atoms with Gasteiger partial charge in [0, 0.05) is 30.8 Å². The number of oxime groups is 1. The van der Waals surface area contributed by atoms with Crippen LogP contribution in [0.1, 0.15) is 25.0 Å². The molecule has 19 heavy (non-hydrogen) atoms. The summed E-state index contributed by atoms with van der Waals surface area (Å²) >= 11 is 0. The molecule has 0 spiro atoms. The van der Waals surface area contributed by atoms with Gasteiger partial charge in [-0.05, 0) is 17.9 Å². The molecule has 1 aliphatic heterocycles. The molecule has 1 aliphatic rings. The Labute approximate surface area is 112 Å². The third-order valence-corrected chi connectivity index (χ3v) is 3.91. The van der Waals surface area contributed by atoms with E-state index < -0.39 is 0 Å². The van der Waals surface area contributed by atoms with Crippen LogP contribution in [0.25, 0.3) is 0 Å². The van der Waals surface area contributed by atoms with Crippen LogP contribution < -0.4 is 5.73 Å². The number of halogens is 1. The Balaban J connectivity index is 2.10. The highest BCUT2D eigenvalue weighted by Gasteiger charge is 2.26. The van der Waals surface area contributed by atoms with Gasteiger partial charge in [-0.25, -0.2) is 4.39 Å². The third kappa shape index (κ3) is 3.04. The minimum atomic E-state index is -0.309. The molecule has 1 saturated heterocycles. The zero-order valence-corrected chi connectivity index (χ0v) is 11.3. The largest absolute Gasteiger partial charge is 0.409 e. The van der Waals surface area contributed by atoms with E-state index in [-0.39, 0.29) is 11.7 Å². The second-order valence-corrected chi connectivity index (χ2v) is 5.44.